The zero-order chi connectivity index (χ0) is 15.2. The van der Waals surface area contributed by atoms with Crippen LogP contribution in [0.25, 0.3) is 0 Å². The van der Waals surface area contributed by atoms with Crippen LogP contribution in [0, 0.1) is 23.8 Å². The molecular weight excluding hydrogens is 531 g/mol. The normalized spacial score (nSPS) is 31.7. The Morgan fingerprint density at radius 2 is 1.48 bits per heavy atom. The molecule has 3 rings (SSSR count). The molecule has 0 spiro atoms. The Morgan fingerprint density at radius 3 is 2.04 bits per heavy atom. The van der Waals surface area contributed by atoms with Crippen molar-refractivity contribution in [1.82, 2.24) is 0 Å². The van der Waals surface area contributed by atoms with Gasteiger partial charge in [-0.3, -0.25) is 0 Å². The van der Waals surface area contributed by atoms with E-state index in [1.807, 2.05) is 0 Å². The second-order valence-corrected chi connectivity index (χ2v) is 7.53. The van der Waals surface area contributed by atoms with Gasteiger partial charge in [0.15, 0.2) is 0 Å². The van der Waals surface area contributed by atoms with E-state index < -0.39 is 0 Å². The summed E-state index contributed by atoms with van der Waals surface area (Å²) < 4.78 is 0. The van der Waals surface area contributed by atoms with E-state index >= 15 is 0 Å². The summed E-state index contributed by atoms with van der Waals surface area (Å²) in [7, 11) is 0. The Bertz CT molecular complexity index is 448. The minimum atomic E-state index is 0. The van der Waals surface area contributed by atoms with Gasteiger partial charge in [-0.25, -0.2) is 0 Å². The summed E-state index contributed by atoms with van der Waals surface area (Å²) in [5, 5.41) is 0. The first kappa shape index (κ1) is 17.3. The molecule has 0 unspecified atom stereocenters. The molecule has 0 heterocycles. The van der Waals surface area contributed by atoms with E-state index in [4.69, 9.17) is 0 Å². The molecule has 0 saturated heterocycles. The van der Waals surface area contributed by atoms with Crippen LogP contribution in [0.1, 0.15) is 76.2 Å². The number of hydrogen-bond acceptors (Lipinski definition) is 0. The summed E-state index contributed by atoms with van der Waals surface area (Å²) in [6, 6.07) is 11.9. The van der Waals surface area contributed by atoms with Crippen LogP contribution >= 0.6 is 0 Å². The molecule has 1 aromatic rings. The van der Waals surface area contributed by atoms with Crippen LogP contribution < -0.4 is 0 Å². The molecule has 0 bridgehead atoms. The van der Waals surface area contributed by atoms with Gasteiger partial charge >= 0.3 is 0 Å². The Kier molecular flexibility index (Phi) is 6.44. The molecule has 0 nitrogen and oxygen atoms in total. The second kappa shape index (κ2) is 8.56. The minimum absolute atomic E-state index is 0. The van der Waals surface area contributed by atoms with Crippen molar-refractivity contribution in [2.45, 2.75) is 70.6 Å². The average molecular weight is 562 g/mol. The van der Waals surface area contributed by atoms with Gasteiger partial charge in [-0.15, -0.1) is 0 Å². The largest absolute Gasteiger partial charge is 0.184 e. The van der Waals surface area contributed by atoms with Gasteiger partial charge in [0.1, 0.15) is 0 Å². The maximum absolute atomic E-state index is 3.15. The molecule has 1 aromatic carbocycles. The van der Waals surface area contributed by atoms with Crippen LogP contribution in [0.15, 0.2) is 36.4 Å². The van der Waals surface area contributed by atoms with Crippen LogP contribution in [-0.4, -0.2) is 0 Å². The third kappa shape index (κ3) is 4.47. The second-order valence-electron chi connectivity index (χ2n) is 7.53. The number of rotatable bonds is 4. The molecule has 0 amide bonds. The van der Waals surface area contributed by atoms with Crippen molar-refractivity contribution >= 4 is 0 Å². The standard InChI is InChI=1S/C22H31.Rf/c1-2-3-7-18-10-12-20(13-11-18)22-16-14-21(15-17-22)19-8-5-4-6-9-19;/h2-3,5-6,8-9,18,20-22H,7,10-17H2,1H3;/q-1;/b3-2+;. The summed E-state index contributed by atoms with van der Waals surface area (Å²) in [5.74, 6) is 3.85. The molecule has 2 saturated carbocycles. The van der Waals surface area contributed by atoms with Gasteiger partial charge in [0, 0.05) is 0 Å². The quantitative estimate of drug-likeness (QED) is 0.289. The first-order valence-electron chi connectivity index (χ1n) is 9.44. The van der Waals surface area contributed by atoms with Crippen LogP contribution in [0.3, 0.4) is 0 Å². The van der Waals surface area contributed by atoms with Crippen molar-refractivity contribution in [2.24, 2.45) is 17.8 Å². The van der Waals surface area contributed by atoms with E-state index in [9.17, 15) is 0 Å². The van der Waals surface area contributed by atoms with Gasteiger partial charge in [0.25, 0.3) is 0 Å². The van der Waals surface area contributed by atoms with Crippen LogP contribution in [-0.2, 0) is 0 Å². The van der Waals surface area contributed by atoms with Gasteiger partial charge in [0.05, 0.1) is 0 Å². The molecule has 0 radical (unpaired) electrons. The molecule has 122 valence electrons. The molecule has 0 N–H and O–H groups in total. The summed E-state index contributed by atoms with van der Waals surface area (Å²) in [5.41, 5.74) is 1.55. The first-order valence-corrected chi connectivity index (χ1v) is 9.44. The fourth-order valence-electron chi connectivity index (χ4n) is 4.82. The number of allylic oxidation sites excluding steroid dienone is 2. The molecule has 0 aliphatic heterocycles. The van der Waals surface area contributed by atoms with E-state index in [-0.39, 0.29) is 0 Å². The van der Waals surface area contributed by atoms with Crippen molar-refractivity contribution < 1.29 is 0 Å². The molecule has 2 aliphatic carbocycles. The summed E-state index contributed by atoms with van der Waals surface area (Å²) in [6.45, 7) is 2.15. The molecule has 1 heteroatoms. The van der Waals surface area contributed by atoms with Crippen molar-refractivity contribution in [3.63, 3.8) is 0 Å². The molecule has 0 aromatic heterocycles. The van der Waals surface area contributed by atoms with Crippen molar-refractivity contribution in [3.05, 3.63) is 48.0 Å². The average Bonchev–Trinajstić information content (AvgIpc) is 2.61. The topological polar surface area (TPSA) is 0 Å². The predicted molar refractivity (Wildman–Crippen MR) is 94.9 cm³/mol. The molecule has 2 fully saturated rings. The maximum Gasteiger partial charge on any atom is 0 e. The van der Waals surface area contributed by atoms with E-state index in [0.717, 1.165) is 23.7 Å². The minimum Gasteiger partial charge on any atom is -0.184 e. The number of benzene rings is 1. The number of hydrogen-bond donors (Lipinski definition) is 0. The summed E-state index contributed by atoms with van der Waals surface area (Å²) in [6.07, 6.45) is 17.6. The smallest absolute Gasteiger partial charge is 0 e. The zero-order valence-electron chi connectivity index (χ0n) is 14.8. The van der Waals surface area contributed by atoms with Crippen LogP contribution in [0.2, 0.25) is 0 Å². The van der Waals surface area contributed by atoms with E-state index in [1.165, 1.54) is 57.8 Å². The maximum atomic E-state index is 3.15. The SMILES string of the molecule is C/C=C/CC1CCC(C2CCC(c3cc[c-]cc3)CC2)CC1.[Rf]. The van der Waals surface area contributed by atoms with Gasteiger partial charge in [0.2, 0.25) is 0 Å². The Hall–Kier alpha value is -2.04. The fourth-order valence-corrected chi connectivity index (χ4v) is 4.82. The van der Waals surface area contributed by atoms with E-state index in [0.29, 0.717) is 0 Å². The van der Waals surface area contributed by atoms with Gasteiger partial charge in [-0.2, -0.15) is 35.9 Å². The third-order valence-electron chi connectivity index (χ3n) is 6.25. The third-order valence-corrected chi connectivity index (χ3v) is 6.25. The van der Waals surface area contributed by atoms with Gasteiger partial charge in [-0.05, 0) is 88.4 Å². The van der Waals surface area contributed by atoms with Crippen LogP contribution in [0.4, 0.5) is 0 Å². The van der Waals surface area contributed by atoms with Gasteiger partial charge < -0.3 is 0 Å². The zero-order valence-corrected chi connectivity index (χ0v) is 21.2. The van der Waals surface area contributed by atoms with Gasteiger partial charge in [-0.1, -0.05) is 12.2 Å². The molecule has 2 aliphatic rings. The van der Waals surface area contributed by atoms with E-state index in [1.54, 1.807) is 5.56 Å². The van der Waals surface area contributed by atoms with Crippen molar-refractivity contribution in [2.75, 3.05) is 0 Å². The van der Waals surface area contributed by atoms with Crippen molar-refractivity contribution in [3.8, 4) is 0 Å². The summed E-state index contributed by atoms with van der Waals surface area (Å²) in [4.78, 5) is 0. The molecule has 23 heavy (non-hydrogen) atoms. The summed E-state index contributed by atoms with van der Waals surface area (Å²) >= 11 is 0. The molecule has 0 atom stereocenters. The Morgan fingerprint density at radius 1 is 0.913 bits per heavy atom. The monoisotopic (exact) mass is 562 g/mol. The predicted octanol–water partition coefficient (Wildman–Crippen LogP) is 6.53. The van der Waals surface area contributed by atoms with E-state index in [2.05, 4.69) is 49.4 Å². The fraction of sp³-hybridized carbons (Fsp3) is 0.636. The molecular formula is C22H31Rf-. The Labute approximate surface area is 137 Å². The van der Waals surface area contributed by atoms with Crippen molar-refractivity contribution in [1.29, 1.82) is 0 Å². The Balaban J connectivity index is 0.00000192. The van der Waals surface area contributed by atoms with Crippen LogP contribution in [0.5, 0.6) is 0 Å². The first-order chi connectivity index (χ1) is 10.9.